The van der Waals surface area contributed by atoms with Gasteiger partial charge >= 0.3 is 0 Å². The second-order valence-corrected chi connectivity index (χ2v) is 8.21. The second-order valence-electron chi connectivity index (χ2n) is 7.48. The third kappa shape index (κ3) is 3.95. The molecule has 138 valence electrons. The van der Waals surface area contributed by atoms with E-state index in [0.29, 0.717) is 0 Å². The second kappa shape index (κ2) is 8.22. The number of allylic oxidation sites excluding steroid dienone is 1. The average Bonchev–Trinajstić information content (AvgIpc) is 3.33. The van der Waals surface area contributed by atoms with Gasteiger partial charge in [-0.05, 0) is 44.2 Å². The first-order valence-corrected chi connectivity index (χ1v) is 10.1. The smallest absolute Gasteiger partial charge is 0.117 e. The van der Waals surface area contributed by atoms with Gasteiger partial charge in [-0.3, -0.25) is 9.80 Å². The van der Waals surface area contributed by atoms with Gasteiger partial charge in [0.05, 0.1) is 6.04 Å². The highest BCUT2D eigenvalue weighted by Crippen LogP contribution is 2.44. The molecule has 2 fully saturated rings. The number of nitrogens with zero attached hydrogens (tertiary/aromatic N) is 2. The molecule has 0 amide bonds. The van der Waals surface area contributed by atoms with Crippen molar-refractivity contribution in [3.05, 3.63) is 47.0 Å². The molecule has 4 heteroatoms. The lowest BCUT2D eigenvalue weighted by Gasteiger charge is -2.43. The Balaban J connectivity index is 2.07. The maximum absolute atomic E-state index is 7.33. The van der Waals surface area contributed by atoms with Gasteiger partial charge in [-0.1, -0.05) is 54.4 Å². The first-order chi connectivity index (χ1) is 12.1. The van der Waals surface area contributed by atoms with Crippen LogP contribution in [0.15, 0.2) is 41.5 Å². The zero-order valence-corrected chi connectivity index (χ0v) is 16.6. The van der Waals surface area contributed by atoms with Gasteiger partial charge in [-0.15, -0.1) is 0 Å². The molecule has 2 atom stereocenters. The van der Waals surface area contributed by atoms with Crippen LogP contribution in [0.1, 0.15) is 51.6 Å². The number of likely N-dealkylation sites (tertiary alicyclic amines) is 1. The molecule has 2 aliphatic rings. The van der Waals surface area contributed by atoms with Gasteiger partial charge in [0.25, 0.3) is 0 Å². The molecule has 0 spiro atoms. The van der Waals surface area contributed by atoms with Gasteiger partial charge in [0.1, 0.15) is 5.00 Å². The minimum atomic E-state index is -0.431. The van der Waals surface area contributed by atoms with E-state index in [1.54, 1.807) is 0 Å². The Labute approximate surface area is 158 Å². The molecular formula is C21H32ClN3. The van der Waals surface area contributed by atoms with Gasteiger partial charge in [0.15, 0.2) is 0 Å². The van der Waals surface area contributed by atoms with Crippen LogP contribution in [-0.2, 0) is 0 Å². The van der Waals surface area contributed by atoms with Crippen molar-refractivity contribution in [2.45, 2.75) is 51.1 Å². The molecule has 0 aromatic heterocycles. The van der Waals surface area contributed by atoms with Crippen LogP contribution in [0, 0.1) is 0 Å². The van der Waals surface area contributed by atoms with Crippen molar-refractivity contribution in [3.8, 4) is 0 Å². The van der Waals surface area contributed by atoms with Crippen LogP contribution >= 0.6 is 11.6 Å². The maximum atomic E-state index is 7.33. The predicted octanol–water partition coefficient (Wildman–Crippen LogP) is 4.37. The molecule has 2 aliphatic heterocycles. The fourth-order valence-electron chi connectivity index (χ4n) is 4.31. The summed E-state index contributed by atoms with van der Waals surface area (Å²) in [6.45, 7) is 12.0. The summed E-state index contributed by atoms with van der Waals surface area (Å²) < 4.78 is 0. The van der Waals surface area contributed by atoms with E-state index in [-0.39, 0.29) is 6.04 Å². The number of halogens is 1. The lowest BCUT2D eigenvalue weighted by molar-refractivity contribution is 0.198. The van der Waals surface area contributed by atoms with Crippen molar-refractivity contribution in [2.24, 2.45) is 0 Å². The first kappa shape index (κ1) is 18.9. The molecule has 0 bridgehead atoms. The Bertz CT molecular complexity index is 584. The van der Waals surface area contributed by atoms with Gasteiger partial charge < -0.3 is 5.32 Å². The molecular weight excluding hydrogens is 330 g/mol. The van der Waals surface area contributed by atoms with Crippen molar-refractivity contribution < 1.29 is 0 Å². The van der Waals surface area contributed by atoms with E-state index >= 15 is 0 Å². The molecule has 0 saturated carbocycles. The third-order valence-corrected chi connectivity index (χ3v) is 6.27. The lowest BCUT2D eigenvalue weighted by Crippen LogP contribution is -2.46. The Morgan fingerprint density at radius 2 is 1.88 bits per heavy atom. The predicted molar refractivity (Wildman–Crippen MR) is 107 cm³/mol. The number of nitrogens with one attached hydrogen (secondary N) is 1. The molecule has 25 heavy (non-hydrogen) atoms. The lowest BCUT2D eigenvalue weighted by atomic mass is 9.87. The molecule has 2 unspecified atom stereocenters. The Kier molecular flexibility index (Phi) is 6.21. The molecule has 1 aromatic rings. The molecule has 3 rings (SSSR count). The normalized spacial score (nSPS) is 24.2. The van der Waals surface area contributed by atoms with Crippen LogP contribution in [-0.4, -0.2) is 47.6 Å². The highest BCUT2D eigenvalue weighted by molar-refractivity contribution is 6.25. The highest BCUT2D eigenvalue weighted by Gasteiger charge is 2.42. The van der Waals surface area contributed by atoms with E-state index in [0.717, 1.165) is 39.3 Å². The fourth-order valence-corrected chi connectivity index (χ4v) is 4.74. The van der Waals surface area contributed by atoms with Gasteiger partial charge in [0.2, 0.25) is 0 Å². The molecule has 1 N–H and O–H groups in total. The van der Waals surface area contributed by atoms with Crippen LogP contribution in [0.3, 0.4) is 0 Å². The van der Waals surface area contributed by atoms with Crippen molar-refractivity contribution in [3.63, 3.8) is 0 Å². The van der Waals surface area contributed by atoms with E-state index in [1.165, 1.54) is 29.6 Å². The van der Waals surface area contributed by atoms with Crippen molar-refractivity contribution >= 4 is 11.6 Å². The van der Waals surface area contributed by atoms with Crippen LogP contribution in [0.25, 0.3) is 0 Å². The molecule has 0 aliphatic carbocycles. The fraction of sp³-hybridized carbons (Fsp3) is 0.619. The summed E-state index contributed by atoms with van der Waals surface area (Å²) in [6, 6.07) is 11.1. The van der Waals surface area contributed by atoms with E-state index < -0.39 is 5.00 Å². The summed E-state index contributed by atoms with van der Waals surface area (Å²) >= 11 is 7.33. The topological polar surface area (TPSA) is 18.5 Å². The molecule has 2 saturated heterocycles. The quantitative estimate of drug-likeness (QED) is 0.461. The summed E-state index contributed by atoms with van der Waals surface area (Å²) in [6.07, 6.45) is 3.54. The molecule has 1 aromatic carbocycles. The van der Waals surface area contributed by atoms with Crippen LogP contribution in [0.5, 0.6) is 0 Å². The summed E-state index contributed by atoms with van der Waals surface area (Å²) in [4.78, 5) is 4.59. The minimum Gasteiger partial charge on any atom is -0.303 e. The van der Waals surface area contributed by atoms with Crippen LogP contribution < -0.4 is 5.32 Å². The Morgan fingerprint density at radius 1 is 1.20 bits per heavy atom. The zero-order chi connectivity index (χ0) is 17.9. The maximum Gasteiger partial charge on any atom is 0.117 e. The summed E-state index contributed by atoms with van der Waals surface area (Å²) in [5.74, 6) is 0. The van der Waals surface area contributed by atoms with Crippen molar-refractivity contribution in [1.82, 2.24) is 15.1 Å². The zero-order valence-electron chi connectivity index (χ0n) is 15.9. The summed E-state index contributed by atoms with van der Waals surface area (Å²) in [7, 11) is 0. The molecule has 2 heterocycles. The standard InChI is InChI=1S/C21H32ClN3/c1-4-17(2)19(21(3,22)25-13-8-9-14-25)20(24-15-12-23-16-24)18-10-6-5-7-11-18/h5-7,10-11,20,23H,4,8-9,12-16H2,1-3H3/b19-17+. The summed E-state index contributed by atoms with van der Waals surface area (Å²) in [5, 5.41) is 3.50. The Morgan fingerprint density at radius 3 is 2.44 bits per heavy atom. The SMILES string of the molecule is CC/C(C)=C(\C(c1ccccc1)N1CCNC1)C(C)(Cl)N1CCCC1. The van der Waals surface area contributed by atoms with Crippen molar-refractivity contribution in [2.75, 3.05) is 32.8 Å². The Hall–Kier alpha value is -0.870. The number of hydrogen-bond donors (Lipinski definition) is 1. The first-order valence-electron chi connectivity index (χ1n) is 9.69. The van der Waals surface area contributed by atoms with E-state index in [4.69, 9.17) is 11.6 Å². The molecule has 0 radical (unpaired) electrons. The third-order valence-electron chi connectivity index (χ3n) is 5.83. The van der Waals surface area contributed by atoms with E-state index in [2.05, 4.69) is 66.2 Å². The van der Waals surface area contributed by atoms with Crippen LogP contribution in [0.2, 0.25) is 0 Å². The van der Waals surface area contributed by atoms with E-state index in [1.807, 2.05) is 0 Å². The van der Waals surface area contributed by atoms with Gasteiger partial charge in [0, 0.05) is 32.8 Å². The van der Waals surface area contributed by atoms with Crippen molar-refractivity contribution in [1.29, 1.82) is 0 Å². The number of hydrogen-bond acceptors (Lipinski definition) is 3. The average molecular weight is 362 g/mol. The minimum absolute atomic E-state index is 0.235. The summed E-state index contributed by atoms with van der Waals surface area (Å²) in [5.41, 5.74) is 4.15. The number of alkyl halides is 1. The number of rotatable bonds is 6. The largest absolute Gasteiger partial charge is 0.303 e. The van der Waals surface area contributed by atoms with E-state index in [9.17, 15) is 0 Å². The number of benzene rings is 1. The van der Waals surface area contributed by atoms with Gasteiger partial charge in [-0.25, -0.2) is 0 Å². The van der Waals surface area contributed by atoms with Crippen LogP contribution in [0.4, 0.5) is 0 Å². The van der Waals surface area contributed by atoms with Gasteiger partial charge in [-0.2, -0.15) is 0 Å². The monoisotopic (exact) mass is 361 g/mol. The molecule has 3 nitrogen and oxygen atoms in total. The highest BCUT2D eigenvalue weighted by atomic mass is 35.5.